The predicted octanol–water partition coefficient (Wildman–Crippen LogP) is 3.27. The first-order valence-electron chi connectivity index (χ1n) is 9.93. The van der Waals surface area contributed by atoms with Crippen molar-refractivity contribution in [3.8, 4) is 0 Å². The number of carbonyl (C=O) groups excluding carboxylic acids is 1. The van der Waals surface area contributed by atoms with Crippen molar-refractivity contribution in [2.24, 2.45) is 0 Å². The summed E-state index contributed by atoms with van der Waals surface area (Å²) >= 11 is 1.84. The molecule has 1 aliphatic heterocycles. The number of carbonyl (C=O) groups is 1. The van der Waals surface area contributed by atoms with Gasteiger partial charge in [0.15, 0.2) is 0 Å². The minimum Gasteiger partial charge on any atom is -0.356 e. The van der Waals surface area contributed by atoms with Crippen LogP contribution in [0.3, 0.4) is 0 Å². The van der Waals surface area contributed by atoms with Crippen LogP contribution in [0.5, 0.6) is 0 Å². The minimum atomic E-state index is -0.185. The van der Waals surface area contributed by atoms with E-state index in [0.29, 0.717) is 5.69 Å². The van der Waals surface area contributed by atoms with Crippen LogP contribution in [0.1, 0.15) is 52.4 Å². The van der Waals surface area contributed by atoms with Gasteiger partial charge in [0.2, 0.25) is 5.76 Å². The summed E-state index contributed by atoms with van der Waals surface area (Å²) in [6, 6.07) is 1.81. The van der Waals surface area contributed by atoms with Crippen LogP contribution in [-0.2, 0) is 12.8 Å². The lowest BCUT2D eigenvalue weighted by Crippen LogP contribution is -2.45. The van der Waals surface area contributed by atoms with E-state index < -0.39 is 0 Å². The first-order valence-corrected chi connectivity index (χ1v) is 10.7. The third-order valence-corrected chi connectivity index (χ3v) is 6.91. The van der Waals surface area contributed by atoms with E-state index in [-0.39, 0.29) is 17.7 Å². The second-order valence-electron chi connectivity index (χ2n) is 7.66. The lowest BCUT2D eigenvalue weighted by atomic mass is 9.96. The van der Waals surface area contributed by atoms with Crippen molar-refractivity contribution in [2.45, 2.75) is 51.5 Å². The van der Waals surface area contributed by atoms with Crippen LogP contribution < -0.4 is 10.2 Å². The van der Waals surface area contributed by atoms with Gasteiger partial charge >= 0.3 is 0 Å². The highest BCUT2D eigenvalue weighted by atomic mass is 32.1. The minimum absolute atomic E-state index is 0.142. The van der Waals surface area contributed by atoms with Crippen molar-refractivity contribution in [1.29, 1.82) is 0 Å². The monoisotopic (exact) mass is 397 g/mol. The molecular weight excluding hydrogens is 374 g/mol. The Kier molecular flexibility index (Phi) is 4.50. The maximum atomic E-state index is 12.3. The Labute approximate surface area is 167 Å². The zero-order chi connectivity index (χ0) is 19.1. The lowest BCUT2D eigenvalue weighted by Gasteiger charge is -2.33. The molecule has 28 heavy (non-hydrogen) atoms. The summed E-state index contributed by atoms with van der Waals surface area (Å²) in [6.07, 6.45) is 8.30. The van der Waals surface area contributed by atoms with Crippen LogP contribution >= 0.6 is 11.3 Å². The van der Waals surface area contributed by atoms with Crippen molar-refractivity contribution in [1.82, 2.24) is 20.4 Å². The third-order valence-electron chi connectivity index (χ3n) is 5.71. The topological polar surface area (TPSA) is 84.2 Å². The van der Waals surface area contributed by atoms with Crippen molar-refractivity contribution >= 4 is 33.3 Å². The molecule has 0 spiro atoms. The number of amides is 1. The quantitative estimate of drug-likeness (QED) is 0.730. The standard InChI is InChI=1S/C20H23N5O2S/c1-12-10-15(27-24-12)19(26)23-13-6-8-25(9-7-13)18-17-14-4-2-3-5-16(14)28-20(17)22-11-21-18/h10-11,13H,2-9H2,1H3,(H,23,26). The number of fused-ring (bicyclic) bond motifs is 3. The number of aromatic nitrogens is 3. The van der Waals surface area contributed by atoms with Gasteiger partial charge in [0.05, 0.1) is 11.1 Å². The highest BCUT2D eigenvalue weighted by Crippen LogP contribution is 2.39. The van der Waals surface area contributed by atoms with Crippen LogP contribution in [0.25, 0.3) is 10.2 Å². The molecule has 1 N–H and O–H groups in total. The molecule has 8 heteroatoms. The zero-order valence-corrected chi connectivity index (χ0v) is 16.7. The molecule has 0 aromatic carbocycles. The van der Waals surface area contributed by atoms with Crippen molar-refractivity contribution in [2.75, 3.05) is 18.0 Å². The maximum absolute atomic E-state index is 12.3. The molecule has 0 unspecified atom stereocenters. The average molecular weight is 398 g/mol. The maximum Gasteiger partial charge on any atom is 0.290 e. The number of rotatable bonds is 3. The van der Waals surface area contributed by atoms with Gasteiger partial charge in [0.25, 0.3) is 5.91 Å². The Morgan fingerprint density at radius 2 is 2.07 bits per heavy atom. The molecule has 1 aliphatic carbocycles. The van der Waals surface area contributed by atoms with Crippen LogP contribution in [0.2, 0.25) is 0 Å². The van der Waals surface area contributed by atoms with Gasteiger partial charge in [-0.05, 0) is 51.0 Å². The summed E-state index contributed by atoms with van der Waals surface area (Å²) in [5, 5.41) is 8.12. The highest BCUT2D eigenvalue weighted by molar-refractivity contribution is 7.19. The number of aryl methyl sites for hydroxylation is 3. The van der Waals surface area contributed by atoms with Crippen LogP contribution in [0.15, 0.2) is 16.9 Å². The Bertz CT molecular complexity index is 1020. The van der Waals surface area contributed by atoms with Crippen molar-refractivity contribution < 1.29 is 9.32 Å². The number of anilines is 1. The van der Waals surface area contributed by atoms with E-state index >= 15 is 0 Å². The van der Waals surface area contributed by atoms with Gasteiger partial charge in [0.1, 0.15) is 17.0 Å². The molecule has 2 aliphatic rings. The number of hydrogen-bond donors (Lipinski definition) is 1. The Balaban J connectivity index is 1.31. The molecule has 1 fully saturated rings. The average Bonchev–Trinajstić information content (AvgIpc) is 3.32. The molecule has 0 atom stereocenters. The molecule has 0 radical (unpaired) electrons. The normalized spacial score (nSPS) is 17.7. The fraction of sp³-hybridized carbons (Fsp3) is 0.500. The smallest absolute Gasteiger partial charge is 0.290 e. The summed E-state index contributed by atoms with van der Waals surface area (Å²) in [4.78, 5) is 26.5. The van der Waals surface area contributed by atoms with E-state index in [1.54, 1.807) is 12.4 Å². The van der Waals surface area contributed by atoms with E-state index in [2.05, 4.69) is 25.3 Å². The van der Waals surface area contributed by atoms with Gasteiger partial charge in [-0.1, -0.05) is 5.16 Å². The van der Waals surface area contributed by atoms with Crippen molar-refractivity contribution in [3.63, 3.8) is 0 Å². The molecule has 7 nitrogen and oxygen atoms in total. The van der Waals surface area contributed by atoms with Gasteiger partial charge in [-0.2, -0.15) is 0 Å². The first-order chi connectivity index (χ1) is 13.7. The van der Waals surface area contributed by atoms with Crippen LogP contribution in [0, 0.1) is 6.92 Å². The largest absolute Gasteiger partial charge is 0.356 e. The Morgan fingerprint density at radius 3 is 2.86 bits per heavy atom. The summed E-state index contributed by atoms with van der Waals surface area (Å²) in [6.45, 7) is 3.55. The third kappa shape index (κ3) is 3.15. The molecule has 0 saturated carbocycles. The molecular formula is C20H23N5O2S. The SMILES string of the molecule is Cc1cc(C(=O)NC2CCN(c3ncnc4sc5c(c34)CCCC5)CC2)on1. The second kappa shape index (κ2) is 7.16. The number of thiophene rings is 1. The molecule has 3 aromatic heterocycles. The van der Waals surface area contributed by atoms with E-state index in [0.717, 1.165) is 43.0 Å². The summed E-state index contributed by atoms with van der Waals surface area (Å²) in [7, 11) is 0. The summed E-state index contributed by atoms with van der Waals surface area (Å²) < 4.78 is 5.06. The number of piperidine rings is 1. The van der Waals surface area contributed by atoms with Crippen molar-refractivity contribution in [3.05, 3.63) is 34.3 Å². The van der Waals surface area contributed by atoms with E-state index in [9.17, 15) is 4.79 Å². The molecule has 1 saturated heterocycles. The fourth-order valence-electron chi connectivity index (χ4n) is 4.28. The highest BCUT2D eigenvalue weighted by Gasteiger charge is 2.27. The molecule has 3 aromatic rings. The van der Waals surface area contributed by atoms with E-state index in [1.807, 2.05) is 18.3 Å². The Morgan fingerprint density at radius 1 is 1.25 bits per heavy atom. The Hall–Kier alpha value is -2.48. The fourth-order valence-corrected chi connectivity index (χ4v) is 5.50. The summed E-state index contributed by atoms with van der Waals surface area (Å²) in [5.41, 5.74) is 2.19. The first kappa shape index (κ1) is 17.6. The summed E-state index contributed by atoms with van der Waals surface area (Å²) in [5.74, 6) is 1.16. The van der Waals surface area contributed by atoms with Gasteiger partial charge in [-0.3, -0.25) is 4.79 Å². The lowest BCUT2D eigenvalue weighted by molar-refractivity contribution is 0.0893. The molecule has 146 valence electrons. The van der Waals surface area contributed by atoms with E-state index in [4.69, 9.17) is 4.52 Å². The van der Waals surface area contributed by atoms with Crippen LogP contribution in [-0.4, -0.2) is 40.2 Å². The second-order valence-corrected chi connectivity index (χ2v) is 8.74. The molecule has 0 bridgehead atoms. The molecule has 1 amide bonds. The van der Waals surface area contributed by atoms with Crippen LogP contribution in [0.4, 0.5) is 5.82 Å². The number of nitrogens with zero attached hydrogens (tertiary/aromatic N) is 4. The number of nitrogens with one attached hydrogen (secondary N) is 1. The molecule has 4 heterocycles. The van der Waals surface area contributed by atoms with Gasteiger partial charge < -0.3 is 14.7 Å². The molecule has 5 rings (SSSR count). The van der Waals surface area contributed by atoms with Gasteiger partial charge in [-0.25, -0.2) is 9.97 Å². The zero-order valence-electron chi connectivity index (χ0n) is 15.9. The number of hydrogen-bond acceptors (Lipinski definition) is 7. The predicted molar refractivity (Wildman–Crippen MR) is 108 cm³/mol. The van der Waals surface area contributed by atoms with E-state index in [1.165, 1.54) is 35.1 Å². The van der Waals surface area contributed by atoms with Gasteiger partial charge in [-0.15, -0.1) is 11.3 Å². The van der Waals surface area contributed by atoms with Gasteiger partial charge in [0, 0.05) is 30.1 Å².